The maximum absolute atomic E-state index is 12.2. The van der Waals surface area contributed by atoms with Crippen LogP contribution < -0.4 is 14.8 Å². The molecule has 1 aromatic heterocycles. The van der Waals surface area contributed by atoms with E-state index in [-0.39, 0.29) is 12.5 Å². The number of nitrogens with one attached hydrogen (secondary N) is 1. The van der Waals surface area contributed by atoms with Crippen molar-refractivity contribution in [1.82, 2.24) is 4.98 Å². The number of benzene rings is 2. The third kappa shape index (κ3) is 4.21. The van der Waals surface area contributed by atoms with Crippen molar-refractivity contribution in [3.8, 4) is 22.8 Å². The summed E-state index contributed by atoms with van der Waals surface area (Å²) < 4.78 is 11.0. The quantitative estimate of drug-likeness (QED) is 0.698. The first-order chi connectivity index (χ1) is 12.6. The van der Waals surface area contributed by atoms with Crippen molar-refractivity contribution in [2.45, 2.75) is 13.8 Å². The summed E-state index contributed by atoms with van der Waals surface area (Å²) >= 11 is 1.37. The van der Waals surface area contributed by atoms with Crippen molar-refractivity contribution in [3.05, 3.63) is 59.0 Å². The molecule has 0 atom stereocenters. The number of anilines is 1. The topological polar surface area (TPSA) is 60.5 Å². The Morgan fingerprint density at radius 2 is 1.96 bits per heavy atom. The molecule has 0 saturated carbocycles. The van der Waals surface area contributed by atoms with Crippen LogP contribution in [-0.2, 0) is 4.79 Å². The number of para-hydroxylation sites is 1. The number of aromatic nitrogens is 1. The number of hydrogen-bond donors (Lipinski definition) is 1. The van der Waals surface area contributed by atoms with Gasteiger partial charge in [0, 0.05) is 10.9 Å². The van der Waals surface area contributed by atoms with Crippen LogP contribution in [0.15, 0.2) is 47.8 Å². The molecule has 0 saturated heterocycles. The largest absolute Gasteiger partial charge is 0.496 e. The first-order valence-electron chi connectivity index (χ1n) is 8.15. The summed E-state index contributed by atoms with van der Waals surface area (Å²) in [6, 6.07) is 13.6. The molecule has 6 heteroatoms. The van der Waals surface area contributed by atoms with E-state index in [1.165, 1.54) is 11.3 Å². The highest BCUT2D eigenvalue weighted by molar-refractivity contribution is 7.14. The van der Waals surface area contributed by atoms with E-state index >= 15 is 0 Å². The van der Waals surface area contributed by atoms with Gasteiger partial charge in [0.1, 0.15) is 11.5 Å². The molecule has 1 amide bonds. The van der Waals surface area contributed by atoms with Gasteiger partial charge in [-0.2, -0.15) is 0 Å². The lowest BCUT2D eigenvalue weighted by molar-refractivity contribution is -0.118. The monoisotopic (exact) mass is 368 g/mol. The summed E-state index contributed by atoms with van der Waals surface area (Å²) in [5.41, 5.74) is 3.74. The number of amides is 1. The molecule has 0 spiro atoms. The Morgan fingerprint density at radius 3 is 2.77 bits per heavy atom. The summed E-state index contributed by atoms with van der Waals surface area (Å²) in [6.07, 6.45) is 0. The van der Waals surface area contributed by atoms with Crippen LogP contribution in [0.3, 0.4) is 0 Å². The van der Waals surface area contributed by atoms with Gasteiger partial charge in [-0.1, -0.05) is 24.3 Å². The smallest absolute Gasteiger partial charge is 0.264 e. The number of carbonyl (C=O) groups excluding carboxylic acids is 1. The molecule has 3 aromatic rings. The van der Waals surface area contributed by atoms with E-state index in [2.05, 4.69) is 10.3 Å². The lowest BCUT2D eigenvalue weighted by Gasteiger charge is -2.09. The van der Waals surface area contributed by atoms with E-state index in [4.69, 9.17) is 9.47 Å². The minimum Gasteiger partial charge on any atom is -0.496 e. The Labute approximate surface area is 156 Å². The Kier molecular flexibility index (Phi) is 5.53. The molecule has 5 nitrogen and oxygen atoms in total. The van der Waals surface area contributed by atoms with Gasteiger partial charge in [-0.25, -0.2) is 4.98 Å². The number of hydrogen-bond acceptors (Lipinski definition) is 5. The van der Waals surface area contributed by atoms with Gasteiger partial charge in [-0.15, -0.1) is 11.3 Å². The van der Waals surface area contributed by atoms with Crippen molar-refractivity contribution in [3.63, 3.8) is 0 Å². The molecule has 0 bridgehead atoms. The zero-order valence-corrected chi connectivity index (χ0v) is 15.7. The van der Waals surface area contributed by atoms with Gasteiger partial charge in [0.15, 0.2) is 11.7 Å². The Bertz CT molecular complexity index is 921. The maximum Gasteiger partial charge on any atom is 0.264 e. The Hall–Kier alpha value is -2.86. The number of carbonyl (C=O) groups is 1. The van der Waals surface area contributed by atoms with E-state index in [0.717, 1.165) is 28.1 Å². The van der Waals surface area contributed by atoms with E-state index in [1.54, 1.807) is 7.11 Å². The molecule has 3 rings (SSSR count). The molecule has 0 aliphatic heterocycles. The summed E-state index contributed by atoms with van der Waals surface area (Å²) in [7, 11) is 1.62. The van der Waals surface area contributed by atoms with E-state index in [0.29, 0.717) is 10.9 Å². The number of ether oxygens (including phenoxy) is 2. The minimum atomic E-state index is -0.244. The molecule has 2 aromatic carbocycles. The fraction of sp³-hybridized carbons (Fsp3) is 0.200. The molecular formula is C20H20N2O3S. The molecule has 0 fully saturated rings. The summed E-state index contributed by atoms with van der Waals surface area (Å²) in [6.45, 7) is 3.88. The standard InChI is InChI=1S/C20H20N2O3S/c1-13-8-9-14(2)18(10-13)25-11-19(23)22-20-21-16(12-26-20)15-6-4-5-7-17(15)24-3/h4-10,12H,11H2,1-3H3,(H,21,22,23). The van der Waals surface area contributed by atoms with Crippen LogP contribution in [-0.4, -0.2) is 24.6 Å². The minimum absolute atomic E-state index is 0.0616. The number of aryl methyl sites for hydroxylation is 2. The zero-order chi connectivity index (χ0) is 18.5. The lowest BCUT2D eigenvalue weighted by Crippen LogP contribution is -2.20. The van der Waals surface area contributed by atoms with Crippen LogP contribution in [0.25, 0.3) is 11.3 Å². The van der Waals surface area contributed by atoms with Crippen LogP contribution in [0.4, 0.5) is 5.13 Å². The lowest BCUT2D eigenvalue weighted by atomic mass is 10.1. The van der Waals surface area contributed by atoms with Crippen LogP contribution in [0.5, 0.6) is 11.5 Å². The van der Waals surface area contributed by atoms with Gasteiger partial charge in [-0.3, -0.25) is 10.1 Å². The second kappa shape index (κ2) is 8.01. The number of rotatable bonds is 6. The molecule has 1 N–H and O–H groups in total. The Morgan fingerprint density at radius 1 is 1.15 bits per heavy atom. The Balaban J connectivity index is 1.64. The summed E-state index contributed by atoms with van der Waals surface area (Å²) in [4.78, 5) is 16.6. The summed E-state index contributed by atoms with van der Waals surface area (Å²) in [5, 5.41) is 5.19. The first-order valence-corrected chi connectivity index (χ1v) is 9.03. The highest BCUT2D eigenvalue weighted by atomic mass is 32.1. The molecule has 0 unspecified atom stereocenters. The van der Waals surface area contributed by atoms with Crippen molar-refractivity contribution >= 4 is 22.4 Å². The van der Waals surface area contributed by atoms with Crippen molar-refractivity contribution in [2.75, 3.05) is 19.0 Å². The fourth-order valence-electron chi connectivity index (χ4n) is 2.47. The van der Waals surface area contributed by atoms with Crippen LogP contribution in [0.2, 0.25) is 0 Å². The van der Waals surface area contributed by atoms with Gasteiger partial charge < -0.3 is 9.47 Å². The summed E-state index contributed by atoms with van der Waals surface area (Å²) in [5.74, 6) is 1.22. The third-order valence-corrected chi connectivity index (χ3v) is 4.59. The van der Waals surface area contributed by atoms with Gasteiger partial charge in [0.2, 0.25) is 0 Å². The number of nitrogens with zero attached hydrogens (tertiary/aromatic N) is 1. The van der Waals surface area contributed by atoms with Crippen molar-refractivity contribution < 1.29 is 14.3 Å². The fourth-order valence-corrected chi connectivity index (χ4v) is 3.20. The molecule has 0 aliphatic rings. The van der Waals surface area contributed by atoms with Crippen LogP contribution in [0.1, 0.15) is 11.1 Å². The predicted octanol–water partition coefficient (Wildman–Crippen LogP) is 4.45. The first kappa shape index (κ1) is 17.9. The third-order valence-electron chi connectivity index (χ3n) is 3.84. The molecule has 1 heterocycles. The van der Waals surface area contributed by atoms with E-state index < -0.39 is 0 Å². The predicted molar refractivity (Wildman–Crippen MR) is 104 cm³/mol. The van der Waals surface area contributed by atoms with Gasteiger partial charge in [0.25, 0.3) is 5.91 Å². The second-order valence-electron chi connectivity index (χ2n) is 5.84. The van der Waals surface area contributed by atoms with Gasteiger partial charge in [0.05, 0.1) is 12.8 Å². The van der Waals surface area contributed by atoms with E-state index in [1.807, 2.05) is 61.7 Å². The average molecular weight is 368 g/mol. The highest BCUT2D eigenvalue weighted by Gasteiger charge is 2.12. The number of thiazole rings is 1. The van der Waals surface area contributed by atoms with Crippen LogP contribution >= 0.6 is 11.3 Å². The van der Waals surface area contributed by atoms with Gasteiger partial charge in [-0.05, 0) is 43.2 Å². The highest BCUT2D eigenvalue weighted by Crippen LogP contribution is 2.31. The molecule has 26 heavy (non-hydrogen) atoms. The zero-order valence-electron chi connectivity index (χ0n) is 14.9. The molecule has 134 valence electrons. The van der Waals surface area contributed by atoms with Crippen LogP contribution in [0, 0.1) is 13.8 Å². The average Bonchev–Trinajstić information content (AvgIpc) is 3.10. The molecular weight excluding hydrogens is 348 g/mol. The number of methoxy groups -OCH3 is 1. The molecule has 0 radical (unpaired) electrons. The second-order valence-corrected chi connectivity index (χ2v) is 6.70. The molecule has 0 aliphatic carbocycles. The maximum atomic E-state index is 12.2. The van der Waals surface area contributed by atoms with Crippen molar-refractivity contribution in [1.29, 1.82) is 0 Å². The SMILES string of the molecule is COc1ccccc1-c1csc(NC(=O)COc2cc(C)ccc2C)n1. The van der Waals surface area contributed by atoms with Gasteiger partial charge >= 0.3 is 0 Å². The van der Waals surface area contributed by atoms with E-state index in [9.17, 15) is 4.79 Å². The normalized spacial score (nSPS) is 10.4. The van der Waals surface area contributed by atoms with Crippen molar-refractivity contribution in [2.24, 2.45) is 0 Å².